The van der Waals surface area contributed by atoms with Crippen molar-refractivity contribution in [2.24, 2.45) is 5.73 Å². The number of hydrogen-bond acceptors (Lipinski definition) is 2. The maximum absolute atomic E-state index is 13.3. The van der Waals surface area contributed by atoms with Crippen LogP contribution < -0.4 is 5.73 Å². The fraction of sp³-hybridized carbons (Fsp3) is 0.400. The maximum Gasteiger partial charge on any atom is 0.126 e. The van der Waals surface area contributed by atoms with Crippen LogP contribution in [0, 0.1) is 12.7 Å². The minimum Gasteiger partial charge on any atom is -0.377 e. The van der Waals surface area contributed by atoms with Crippen LogP contribution in [0.15, 0.2) is 12.1 Å². The molecule has 0 aromatic heterocycles. The molecule has 4 heteroatoms. The van der Waals surface area contributed by atoms with Gasteiger partial charge in [0.2, 0.25) is 0 Å². The molecule has 1 aliphatic heterocycles. The van der Waals surface area contributed by atoms with Crippen molar-refractivity contribution >= 4 is 11.6 Å². The van der Waals surface area contributed by atoms with Crippen molar-refractivity contribution in [2.45, 2.75) is 12.5 Å². The molecule has 2 N–H and O–H groups in total. The highest BCUT2D eigenvalue weighted by Crippen LogP contribution is 2.33. The van der Waals surface area contributed by atoms with E-state index >= 15 is 0 Å². The number of benzene rings is 1. The first-order valence-electron chi connectivity index (χ1n) is 4.36. The van der Waals surface area contributed by atoms with E-state index in [1.54, 1.807) is 13.0 Å². The van der Waals surface area contributed by atoms with Gasteiger partial charge in [-0.05, 0) is 30.2 Å². The zero-order chi connectivity index (χ0) is 10.3. The van der Waals surface area contributed by atoms with Gasteiger partial charge in [-0.1, -0.05) is 11.6 Å². The number of ether oxygens (including phenoxy) is 1. The zero-order valence-electron chi connectivity index (χ0n) is 7.81. The molecule has 1 aromatic rings. The summed E-state index contributed by atoms with van der Waals surface area (Å²) in [5, 5.41) is 0.509. The monoisotopic (exact) mass is 215 g/mol. The van der Waals surface area contributed by atoms with Gasteiger partial charge in [0, 0.05) is 5.02 Å². The Bertz CT molecular complexity index is 377. The van der Waals surface area contributed by atoms with Crippen molar-refractivity contribution in [3.63, 3.8) is 0 Å². The summed E-state index contributed by atoms with van der Waals surface area (Å²) >= 11 is 6.00. The molecule has 1 heterocycles. The summed E-state index contributed by atoms with van der Waals surface area (Å²) in [5.41, 5.74) is 6.53. The predicted molar refractivity (Wildman–Crippen MR) is 52.8 cm³/mol. The van der Waals surface area contributed by atoms with E-state index in [9.17, 15) is 4.39 Å². The van der Waals surface area contributed by atoms with Gasteiger partial charge >= 0.3 is 0 Å². The number of nitrogens with two attached hydrogens (primary N) is 1. The minimum atomic E-state index is -0.606. The quantitative estimate of drug-likeness (QED) is 0.778. The lowest BCUT2D eigenvalue weighted by atomic mass is 9.88. The summed E-state index contributed by atoms with van der Waals surface area (Å²) < 4.78 is 18.3. The highest BCUT2D eigenvalue weighted by molar-refractivity contribution is 6.31. The minimum absolute atomic E-state index is 0.277. The van der Waals surface area contributed by atoms with E-state index in [1.807, 2.05) is 0 Å². The Morgan fingerprint density at radius 2 is 2.14 bits per heavy atom. The van der Waals surface area contributed by atoms with Crippen molar-refractivity contribution in [2.75, 3.05) is 13.2 Å². The second-order valence-electron chi connectivity index (χ2n) is 3.73. The molecule has 2 rings (SSSR count). The Kier molecular flexibility index (Phi) is 2.26. The third-order valence-corrected chi connectivity index (χ3v) is 2.82. The Balaban J connectivity index is 2.48. The molecule has 1 saturated heterocycles. The average Bonchev–Trinajstić information content (AvgIpc) is 2.07. The molecule has 0 spiro atoms. The molecule has 2 nitrogen and oxygen atoms in total. The van der Waals surface area contributed by atoms with Gasteiger partial charge in [0.15, 0.2) is 0 Å². The molecule has 0 bridgehead atoms. The molecule has 0 amide bonds. The number of halogens is 2. The van der Waals surface area contributed by atoms with Gasteiger partial charge in [-0.15, -0.1) is 0 Å². The largest absolute Gasteiger partial charge is 0.377 e. The molecule has 0 unspecified atom stereocenters. The van der Waals surface area contributed by atoms with Gasteiger partial charge in [-0.3, -0.25) is 0 Å². The molecule has 0 aliphatic carbocycles. The first-order valence-corrected chi connectivity index (χ1v) is 4.73. The Hall–Kier alpha value is -0.640. The van der Waals surface area contributed by atoms with Gasteiger partial charge in [0.05, 0.1) is 18.8 Å². The van der Waals surface area contributed by atoms with Gasteiger partial charge < -0.3 is 10.5 Å². The number of rotatable bonds is 1. The topological polar surface area (TPSA) is 35.2 Å². The van der Waals surface area contributed by atoms with Crippen LogP contribution in [0.4, 0.5) is 4.39 Å². The summed E-state index contributed by atoms with van der Waals surface area (Å²) in [6, 6.07) is 3.00. The molecule has 1 aliphatic rings. The Morgan fingerprint density at radius 1 is 1.50 bits per heavy atom. The fourth-order valence-electron chi connectivity index (χ4n) is 1.51. The third kappa shape index (κ3) is 1.41. The number of hydrogen-bond donors (Lipinski definition) is 1. The van der Waals surface area contributed by atoms with Crippen molar-refractivity contribution in [1.29, 1.82) is 0 Å². The predicted octanol–water partition coefficient (Wildman–Crippen LogP) is 1.97. The smallest absolute Gasteiger partial charge is 0.126 e. The molecule has 0 saturated carbocycles. The van der Waals surface area contributed by atoms with Crippen molar-refractivity contribution < 1.29 is 9.13 Å². The standard InChI is InChI=1S/C10H11ClFNO/c1-6-2-8(11)7(3-9(6)12)10(13)4-14-5-10/h2-3H,4-5,13H2,1H3. The molecule has 1 aromatic carbocycles. The van der Waals surface area contributed by atoms with Crippen LogP contribution in [0.2, 0.25) is 5.02 Å². The summed E-state index contributed by atoms with van der Waals surface area (Å²) in [5.74, 6) is -0.277. The van der Waals surface area contributed by atoms with Crippen LogP contribution in [0.25, 0.3) is 0 Å². The highest BCUT2D eigenvalue weighted by atomic mass is 35.5. The van der Waals surface area contributed by atoms with E-state index in [1.165, 1.54) is 6.07 Å². The van der Waals surface area contributed by atoms with Crippen molar-refractivity contribution in [3.05, 3.63) is 34.1 Å². The van der Waals surface area contributed by atoms with E-state index in [4.69, 9.17) is 22.1 Å². The molecule has 0 atom stereocenters. The van der Waals surface area contributed by atoms with Gasteiger partial charge in [0.25, 0.3) is 0 Å². The van der Waals surface area contributed by atoms with Crippen molar-refractivity contribution in [3.8, 4) is 0 Å². The first kappa shape index (κ1) is 9.90. The van der Waals surface area contributed by atoms with Gasteiger partial charge in [-0.2, -0.15) is 0 Å². The third-order valence-electron chi connectivity index (χ3n) is 2.50. The van der Waals surface area contributed by atoms with E-state index in [-0.39, 0.29) is 5.82 Å². The molecule has 0 radical (unpaired) electrons. The average molecular weight is 216 g/mol. The van der Waals surface area contributed by atoms with E-state index in [0.717, 1.165) is 0 Å². The van der Waals surface area contributed by atoms with Crippen LogP contribution >= 0.6 is 11.6 Å². The second kappa shape index (κ2) is 3.19. The van der Waals surface area contributed by atoms with Crippen LogP contribution in [0.1, 0.15) is 11.1 Å². The highest BCUT2D eigenvalue weighted by Gasteiger charge is 2.38. The molecular weight excluding hydrogens is 205 g/mol. The lowest BCUT2D eigenvalue weighted by molar-refractivity contribution is -0.0569. The molecule has 1 fully saturated rings. The summed E-state index contributed by atoms with van der Waals surface area (Å²) in [6.07, 6.45) is 0. The van der Waals surface area contributed by atoms with E-state index < -0.39 is 5.54 Å². The van der Waals surface area contributed by atoms with Crippen LogP contribution in [-0.4, -0.2) is 13.2 Å². The summed E-state index contributed by atoms with van der Waals surface area (Å²) in [6.45, 7) is 2.47. The Labute approximate surface area is 86.8 Å². The fourth-order valence-corrected chi connectivity index (χ4v) is 1.91. The maximum atomic E-state index is 13.3. The number of aryl methyl sites for hydroxylation is 1. The SMILES string of the molecule is Cc1cc(Cl)c(C2(N)COC2)cc1F. The first-order chi connectivity index (χ1) is 6.53. The molecule has 76 valence electrons. The lowest BCUT2D eigenvalue weighted by Gasteiger charge is -2.38. The van der Waals surface area contributed by atoms with Crippen LogP contribution in [-0.2, 0) is 10.3 Å². The van der Waals surface area contributed by atoms with E-state index in [0.29, 0.717) is 29.4 Å². The van der Waals surface area contributed by atoms with Crippen LogP contribution in [0.3, 0.4) is 0 Å². The Morgan fingerprint density at radius 3 is 2.64 bits per heavy atom. The van der Waals surface area contributed by atoms with E-state index in [2.05, 4.69) is 0 Å². The normalized spacial score (nSPS) is 19.1. The van der Waals surface area contributed by atoms with Gasteiger partial charge in [0.1, 0.15) is 5.82 Å². The summed E-state index contributed by atoms with van der Waals surface area (Å²) in [4.78, 5) is 0. The lowest BCUT2D eigenvalue weighted by Crippen LogP contribution is -2.54. The zero-order valence-corrected chi connectivity index (χ0v) is 8.57. The second-order valence-corrected chi connectivity index (χ2v) is 4.14. The molecular formula is C10H11ClFNO. The van der Waals surface area contributed by atoms with Crippen molar-refractivity contribution in [1.82, 2.24) is 0 Å². The van der Waals surface area contributed by atoms with Crippen LogP contribution in [0.5, 0.6) is 0 Å². The van der Waals surface area contributed by atoms with Gasteiger partial charge in [-0.25, -0.2) is 4.39 Å². The molecule has 14 heavy (non-hydrogen) atoms. The summed E-state index contributed by atoms with van der Waals surface area (Å²) in [7, 11) is 0.